The molecule has 1 N–H and O–H groups in total. The molecular weight excluding hydrogens is 368 g/mol. The Morgan fingerprint density at radius 3 is 2.79 bits per heavy atom. The van der Waals surface area contributed by atoms with Crippen molar-refractivity contribution < 1.29 is 4.79 Å². The first-order valence-corrected chi connectivity index (χ1v) is 9.01. The van der Waals surface area contributed by atoms with Crippen LogP contribution in [-0.4, -0.2) is 55.5 Å². The molecule has 0 aliphatic carbocycles. The van der Waals surface area contributed by atoms with Crippen molar-refractivity contribution in [3.8, 4) is 0 Å². The van der Waals surface area contributed by atoms with E-state index in [4.69, 9.17) is 0 Å². The average molecular weight is 393 g/mol. The Kier molecular flexibility index (Phi) is 7.46. The fourth-order valence-corrected chi connectivity index (χ4v) is 3.23. The van der Waals surface area contributed by atoms with Crippen LogP contribution in [0.4, 0.5) is 0 Å². The molecule has 0 spiro atoms. The number of nitrogens with zero attached hydrogens (tertiary/aromatic N) is 3. The SMILES string of the molecule is CNN=C/C(=C(/Br)C=O)N1CCCN(Cc2ccccc2C)CC1. The van der Waals surface area contributed by atoms with Crippen molar-refractivity contribution in [1.29, 1.82) is 0 Å². The van der Waals surface area contributed by atoms with Gasteiger partial charge < -0.3 is 10.3 Å². The molecule has 1 aliphatic rings. The largest absolute Gasteiger partial charge is 0.368 e. The highest BCUT2D eigenvalue weighted by molar-refractivity contribution is 9.12. The lowest BCUT2D eigenvalue weighted by Gasteiger charge is -2.25. The van der Waals surface area contributed by atoms with Gasteiger partial charge in [0.15, 0.2) is 6.29 Å². The Bertz CT molecular complexity index is 615. The number of aldehydes is 1. The van der Waals surface area contributed by atoms with Gasteiger partial charge in [-0.3, -0.25) is 9.69 Å². The Morgan fingerprint density at radius 2 is 2.08 bits per heavy atom. The smallest absolute Gasteiger partial charge is 0.159 e. The van der Waals surface area contributed by atoms with Crippen LogP contribution in [0.2, 0.25) is 0 Å². The predicted molar refractivity (Wildman–Crippen MR) is 102 cm³/mol. The van der Waals surface area contributed by atoms with Gasteiger partial charge in [-0.1, -0.05) is 24.3 Å². The summed E-state index contributed by atoms with van der Waals surface area (Å²) in [5.74, 6) is 0. The number of nitrogens with one attached hydrogen (secondary N) is 1. The van der Waals surface area contributed by atoms with Crippen LogP contribution < -0.4 is 5.43 Å². The second-order valence-electron chi connectivity index (χ2n) is 5.88. The molecule has 1 aliphatic heterocycles. The van der Waals surface area contributed by atoms with Gasteiger partial charge in [0, 0.05) is 39.8 Å². The van der Waals surface area contributed by atoms with E-state index < -0.39 is 0 Å². The van der Waals surface area contributed by atoms with Gasteiger partial charge in [-0.15, -0.1) is 0 Å². The molecule has 24 heavy (non-hydrogen) atoms. The van der Waals surface area contributed by atoms with Gasteiger partial charge in [0.2, 0.25) is 0 Å². The number of hydrogen-bond donors (Lipinski definition) is 1. The zero-order valence-electron chi connectivity index (χ0n) is 14.3. The van der Waals surface area contributed by atoms with Gasteiger partial charge in [-0.2, -0.15) is 5.10 Å². The van der Waals surface area contributed by atoms with E-state index in [-0.39, 0.29) is 0 Å². The minimum Gasteiger partial charge on any atom is -0.368 e. The molecule has 1 heterocycles. The van der Waals surface area contributed by atoms with Gasteiger partial charge >= 0.3 is 0 Å². The van der Waals surface area contributed by atoms with E-state index in [9.17, 15) is 4.79 Å². The highest BCUT2D eigenvalue weighted by atomic mass is 79.9. The van der Waals surface area contributed by atoms with E-state index in [2.05, 4.69) is 67.4 Å². The van der Waals surface area contributed by atoms with Crippen LogP contribution in [0.25, 0.3) is 0 Å². The molecule has 6 heteroatoms. The molecule has 1 saturated heterocycles. The quantitative estimate of drug-likeness (QED) is 0.349. The Labute approximate surface area is 152 Å². The van der Waals surface area contributed by atoms with Gasteiger partial charge in [-0.05, 0) is 40.4 Å². The van der Waals surface area contributed by atoms with E-state index in [0.29, 0.717) is 4.48 Å². The number of carbonyl (C=O) groups is 1. The molecule has 0 amide bonds. The number of carbonyl (C=O) groups excluding carboxylic acids is 1. The molecule has 1 aromatic rings. The highest BCUT2D eigenvalue weighted by Crippen LogP contribution is 2.17. The van der Waals surface area contributed by atoms with Crippen molar-refractivity contribution in [1.82, 2.24) is 15.2 Å². The van der Waals surface area contributed by atoms with Crippen LogP contribution in [-0.2, 0) is 11.3 Å². The van der Waals surface area contributed by atoms with Crippen LogP contribution in [0.15, 0.2) is 39.5 Å². The first-order valence-electron chi connectivity index (χ1n) is 8.22. The second kappa shape index (κ2) is 9.59. The standard InChI is InChI=1S/C18H25BrN4O/c1-15-6-3-4-7-16(15)13-22-8-5-9-23(11-10-22)18(12-21-20-2)17(19)14-24/h3-4,6-7,12,14,20H,5,8-11,13H2,1-2H3/b18-17-,21-12?. The van der Waals surface area contributed by atoms with Gasteiger partial charge in [0.25, 0.3) is 0 Å². The zero-order valence-corrected chi connectivity index (χ0v) is 15.9. The van der Waals surface area contributed by atoms with Crippen molar-refractivity contribution in [2.45, 2.75) is 19.9 Å². The summed E-state index contributed by atoms with van der Waals surface area (Å²) in [5.41, 5.74) is 6.29. The molecule has 0 aromatic heterocycles. The zero-order chi connectivity index (χ0) is 17.4. The molecule has 130 valence electrons. The van der Waals surface area contributed by atoms with E-state index in [1.165, 1.54) is 11.1 Å². The number of hydrazone groups is 1. The summed E-state index contributed by atoms with van der Waals surface area (Å²) in [5, 5.41) is 4.07. The van der Waals surface area contributed by atoms with Crippen molar-refractivity contribution in [2.75, 3.05) is 33.2 Å². The maximum atomic E-state index is 11.2. The molecule has 0 saturated carbocycles. The molecule has 5 nitrogen and oxygen atoms in total. The molecule has 0 unspecified atom stereocenters. The lowest BCUT2D eigenvalue weighted by atomic mass is 10.1. The average Bonchev–Trinajstić information content (AvgIpc) is 2.83. The van der Waals surface area contributed by atoms with E-state index in [1.807, 2.05) is 0 Å². The summed E-state index contributed by atoms with van der Waals surface area (Å²) in [4.78, 5) is 15.9. The van der Waals surface area contributed by atoms with Crippen LogP contribution in [0, 0.1) is 6.92 Å². The summed E-state index contributed by atoms with van der Waals surface area (Å²) in [6, 6.07) is 8.54. The van der Waals surface area contributed by atoms with Crippen molar-refractivity contribution in [3.05, 3.63) is 45.6 Å². The summed E-state index contributed by atoms with van der Waals surface area (Å²) >= 11 is 3.35. The van der Waals surface area contributed by atoms with E-state index in [1.54, 1.807) is 13.3 Å². The Hall–Kier alpha value is -1.66. The molecule has 0 radical (unpaired) electrons. The molecule has 0 atom stereocenters. The Balaban J connectivity index is 2.05. The lowest BCUT2D eigenvalue weighted by Crippen LogP contribution is -2.31. The van der Waals surface area contributed by atoms with E-state index >= 15 is 0 Å². The number of benzene rings is 1. The van der Waals surface area contributed by atoms with Gasteiger partial charge in [-0.25, -0.2) is 0 Å². The second-order valence-corrected chi connectivity index (χ2v) is 6.73. The summed E-state index contributed by atoms with van der Waals surface area (Å²) in [6.07, 6.45) is 3.59. The lowest BCUT2D eigenvalue weighted by molar-refractivity contribution is -0.104. The monoisotopic (exact) mass is 392 g/mol. The summed E-state index contributed by atoms with van der Waals surface area (Å²) < 4.78 is 0.536. The molecule has 1 fully saturated rings. The first-order chi connectivity index (χ1) is 11.7. The summed E-state index contributed by atoms with van der Waals surface area (Å²) in [6.45, 7) is 6.94. The van der Waals surface area contributed by atoms with E-state index in [0.717, 1.165) is 51.1 Å². The van der Waals surface area contributed by atoms with Gasteiger partial charge in [0.1, 0.15) is 0 Å². The van der Waals surface area contributed by atoms with Crippen molar-refractivity contribution in [2.24, 2.45) is 5.10 Å². The van der Waals surface area contributed by atoms with Crippen LogP contribution in [0.3, 0.4) is 0 Å². The maximum absolute atomic E-state index is 11.2. The van der Waals surface area contributed by atoms with Gasteiger partial charge in [0.05, 0.1) is 16.4 Å². The third kappa shape index (κ3) is 5.18. The molecule has 0 bridgehead atoms. The van der Waals surface area contributed by atoms with Crippen LogP contribution in [0.1, 0.15) is 17.5 Å². The number of hydrogen-bond acceptors (Lipinski definition) is 5. The fraction of sp³-hybridized carbons (Fsp3) is 0.444. The molecule has 2 rings (SSSR count). The first kappa shape index (κ1) is 18.7. The van der Waals surface area contributed by atoms with Crippen LogP contribution >= 0.6 is 15.9 Å². The predicted octanol–water partition coefficient (Wildman–Crippen LogP) is 2.51. The van der Waals surface area contributed by atoms with Crippen molar-refractivity contribution in [3.63, 3.8) is 0 Å². The number of halogens is 1. The van der Waals surface area contributed by atoms with Crippen molar-refractivity contribution >= 4 is 28.4 Å². The molecule has 1 aromatic carbocycles. The number of allylic oxidation sites excluding steroid dienone is 2. The highest BCUT2D eigenvalue weighted by Gasteiger charge is 2.18. The topological polar surface area (TPSA) is 47.9 Å². The normalized spacial score (nSPS) is 17.5. The maximum Gasteiger partial charge on any atom is 0.159 e. The number of rotatable bonds is 6. The molecular formula is C18H25BrN4O. The minimum absolute atomic E-state index is 0.536. The summed E-state index contributed by atoms with van der Waals surface area (Å²) in [7, 11) is 1.75. The third-order valence-corrected chi connectivity index (χ3v) is 4.84. The fourth-order valence-electron chi connectivity index (χ4n) is 2.88. The third-order valence-electron chi connectivity index (χ3n) is 4.25. The van der Waals surface area contributed by atoms with Crippen LogP contribution in [0.5, 0.6) is 0 Å². The Morgan fingerprint density at radius 1 is 1.29 bits per heavy atom. The number of aryl methyl sites for hydroxylation is 1. The minimum atomic E-state index is 0.536.